The van der Waals surface area contributed by atoms with E-state index in [1.54, 1.807) is 11.3 Å². The lowest BCUT2D eigenvalue weighted by molar-refractivity contribution is 0.764. The Hall–Kier alpha value is -1.48. The molecule has 2 rings (SSSR count). The summed E-state index contributed by atoms with van der Waals surface area (Å²) in [6.07, 6.45) is 1.05. The molecular formula is C14H18N2S. The topological polar surface area (TPSA) is 38.0 Å². The van der Waals surface area contributed by atoms with E-state index in [0.29, 0.717) is 6.04 Å². The van der Waals surface area contributed by atoms with Crippen LogP contribution < -0.4 is 11.1 Å². The molecule has 0 radical (unpaired) electrons. The Bertz CT molecular complexity index is 477. The summed E-state index contributed by atoms with van der Waals surface area (Å²) in [6, 6.07) is 10.7. The van der Waals surface area contributed by atoms with Crippen LogP contribution in [0.1, 0.15) is 29.8 Å². The van der Waals surface area contributed by atoms with E-state index in [-0.39, 0.29) is 0 Å². The Labute approximate surface area is 106 Å². The zero-order chi connectivity index (χ0) is 12.3. The van der Waals surface area contributed by atoms with Crippen molar-refractivity contribution in [2.24, 2.45) is 0 Å². The molecular weight excluding hydrogens is 228 g/mol. The SMILES string of the molecule is CCC(Nc1ccc(C)cc1N)c1cccs1. The molecule has 0 bridgehead atoms. The van der Waals surface area contributed by atoms with Gasteiger partial charge >= 0.3 is 0 Å². The van der Waals surface area contributed by atoms with E-state index in [1.165, 1.54) is 10.4 Å². The molecule has 17 heavy (non-hydrogen) atoms. The number of benzene rings is 1. The van der Waals surface area contributed by atoms with Crippen molar-refractivity contribution in [3.8, 4) is 0 Å². The molecule has 1 atom stereocenters. The Morgan fingerprint density at radius 1 is 1.35 bits per heavy atom. The predicted octanol–water partition coefficient (Wildman–Crippen LogP) is 4.20. The zero-order valence-electron chi connectivity index (χ0n) is 10.2. The van der Waals surface area contributed by atoms with Crippen LogP contribution in [0.3, 0.4) is 0 Å². The molecule has 0 spiro atoms. The lowest BCUT2D eigenvalue weighted by Gasteiger charge is -2.18. The molecule has 1 aromatic heterocycles. The maximum absolute atomic E-state index is 6.02. The van der Waals surface area contributed by atoms with Crippen molar-refractivity contribution in [2.45, 2.75) is 26.3 Å². The number of anilines is 2. The Balaban J connectivity index is 2.19. The number of hydrogen-bond donors (Lipinski definition) is 2. The van der Waals surface area contributed by atoms with Gasteiger partial charge in [0.05, 0.1) is 17.4 Å². The summed E-state index contributed by atoms with van der Waals surface area (Å²) in [5, 5.41) is 5.62. The molecule has 2 aromatic rings. The smallest absolute Gasteiger partial charge is 0.0604 e. The van der Waals surface area contributed by atoms with Gasteiger partial charge < -0.3 is 11.1 Å². The molecule has 1 aromatic carbocycles. The van der Waals surface area contributed by atoms with Gasteiger partial charge in [-0.25, -0.2) is 0 Å². The minimum Gasteiger partial charge on any atom is -0.397 e. The Morgan fingerprint density at radius 3 is 2.76 bits per heavy atom. The van der Waals surface area contributed by atoms with E-state index in [9.17, 15) is 0 Å². The first-order valence-electron chi connectivity index (χ1n) is 5.86. The predicted molar refractivity (Wildman–Crippen MR) is 76.6 cm³/mol. The normalized spacial score (nSPS) is 12.4. The number of aryl methyl sites for hydroxylation is 1. The summed E-state index contributed by atoms with van der Waals surface area (Å²) in [7, 11) is 0. The minimum atomic E-state index is 0.347. The van der Waals surface area contributed by atoms with Crippen molar-refractivity contribution in [1.29, 1.82) is 0 Å². The monoisotopic (exact) mass is 246 g/mol. The molecule has 0 aliphatic heterocycles. The van der Waals surface area contributed by atoms with Crippen LogP contribution in [0.4, 0.5) is 11.4 Å². The first-order valence-corrected chi connectivity index (χ1v) is 6.74. The van der Waals surface area contributed by atoms with Crippen LogP contribution in [0.2, 0.25) is 0 Å². The van der Waals surface area contributed by atoms with Crippen LogP contribution in [-0.2, 0) is 0 Å². The van der Waals surface area contributed by atoms with Gasteiger partial charge in [-0.15, -0.1) is 11.3 Å². The van der Waals surface area contributed by atoms with Crippen molar-refractivity contribution >= 4 is 22.7 Å². The van der Waals surface area contributed by atoms with Gasteiger partial charge in [0.1, 0.15) is 0 Å². The molecule has 0 aliphatic carbocycles. The van der Waals surface area contributed by atoms with Crippen LogP contribution in [0, 0.1) is 6.92 Å². The number of nitrogen functional groups attached to an aromatic ring is 1. The molecule has 0 amide bonds. The summed E-state index contributed by atoms with van der Waals surface area (Å²) in [5.41, 5.74) is 9.05. The Kier molecular flexibility index (Phi) is 3.69. The van der Waals surface area contributed by atoms with Gasteiger partial charge in [-0.2, -0.15) is 0 Å². The van der Waals surface area contributed by atoms with Gasteiger partial charge in [-0.05, 0) is 42.5 Å². The lowest BCUT2D eigenvalue weighted by Crippen LogP contribution is -2.09. The van der Waals surface area contributed by atoms with E-state index in [2.05, 4.69) is 48.8 Å². The molecule has 90 valence electrons. The average Bonchev–Trinajstić information content (AvgIpc) is 2.81. The molecule has 2 nitrogen and oxygen atoms in total. The summed E-state index contributed by atoms with van der Waals surface area (Å²) in [5.74, 6) is 0. The third-order valence-corrected chi connectivity index (χ3v) is 3.82. The summed E-state index contributed by atoms with van der Waals surface area (Å²) >= 11 is 1.78. The molecule has 1 heterocycles. The number of thiophene rings is 1. The zero-order valence-corrected chi connectivity index (χ0v) is 11.1. The first kappa shape index (κ1) is 12.0. The molecule has 0 fully saturated rings. The summed E-state index contributed by atoms with van der Waals surface area (Å²) < 4.78 is 0. The highest BCUT2D eigenvalue weighted by Crippen LogP contribution is 2.29. The second-order valence-electron chi connectivity index (χ2n) is 4.21. The van der Waals surface area contributed by atoms with Crippen LogP contribution in [-0.4, -0.2) is 0 Å². The Morgan fingerprint density at radius 2 is 2.18 bits per heavy atom. The van der Waals surface area contributed by atoms with Crippen LogP contribution in [0.25, 0.3) is 0 Å². The van der Waals surface area contributed by atoms with Gasteiger partial charge in [0, 0.05) is 4.88 Å². The fraction of sp³-hybridized carbons (Fsp3) is 0.286. The van der Waals surface area contributed by atoms with Crippen molar-refractivity contribution in [2.75, 3.05) is 11.1 Å². The van der Waals surface area contributed by atoms with Gasteiger partial charge in [0.25, 0.3) is 0 Å². The van der Waals surface area contributed by atoms with Crippen molar-refractivity contribution < 1.29 is 0 Å². The largest absolute Gasteiger partial charge is 0.397 e. The average molecular weight is 246 g/mol. The van der Waals surface area contributed by atoms with Crippen molar-refractivity contribution in [1.82, 2.24) is 0 Å². The lowest BCUT2D eigenvalue weighted by atomic mass is 10.1. The summed E-state index contributed by atoms with van der Waals surface area (Å²) in [4.78, 5) is 1.35. The fourth-order valence-corrected chi connectivity index (χ4v) is 2.73. The number of nitrogens with one attached hydrogen (secondary N) is 1. The minimum absolute atomic E-state index is 0.347. The second kappa shape index (κ2) is 5.23. The standard InChI is InChI=1S/C14H18N2S/c1-3-12(14-5-4-8-17-14)16-13-7-6-10(2)9-11(13)15/h4-9,12,16H,3,15H2,1-2H3. The van der Waals surface area contributed by atoms with Gasteiger partial charge in [0.15, 0.2) is 0 Å². The van der Waals surface area contributed by atoms with Crippen molar-refractivity contribution in [3.05, 3.63) is 46.2 Å². The fourth-order valence-electron chi connectivity index (χ4n) is 1.87. The highest BCUT2D eigenvalue weighted by Gasteiger charge is 2.11. The molecule has 0 saturated heterocycles. The maximum atomic E-state index is 6.02. The first-order chi connectivity index (χ1) is 8.20. The molecule has 3 N–H and O–H groups in total. The summed E-state index contributed by atoms with van der Waals surface area (Å²) in [6.45, 7) is 4.23. The quantitative estimate of drug-likeness (QED) is 0.793. The maximum Gasteiger partial charge on any atom is 0.0604 e. The van der Waals surface area contributed by atoms with Gasteiger partial charge in [-0.1, -0.05) is 19.1 Å². The molecule has 1 unspecified atom stereocenters. The molecule has 0 saturated carbocycles. The highest BCUT2D eigenvalue weighted by molar-refractivity contribution is 7.10. The van der Waals surface area contributed by atoms with Gasteiger partial charge in [0.2, 0.25) is 0 Å². The van der Waals surface area contributed by atoms with Crippen LogP contribution in [0.5, 0.6) is 0 Å². The number of rotatable bonds is 4. The van der Waals surface area contributed by atoms with E-state index < -0.39 is 0 Å². The molecule has 3 heteroatoms. The number of nitrogens with two attached hydrogens (primary N) is 1. The third-order valence-electron chi connectivity index (χ3n) is 2.83. The highest BCUT2D eigenvalue weighted by atomic mass is 32.1. The van der Waals surface area contributed by atoms with E-state index in [1.807, 2.05) is 6.07 Å². The van der Waals surface area contributed by atoms with Gasteiger partial charge in [-0.3, -0.25) is 0 Å². The van der Waals surface area contributed by atoms with E-state index in [4.69, 9.17) is 5.73 Å². The van der Waals surface area contributed by atoms with Crippen LogP contribution >= 0.6 is 11.3 Å². The third kappa shape index (κ3) is 2.80. The number of hydrogen-bond acceptors (Lipinski definition) is 3. The van der Waals surface area contributed by atoms with Crippen LogP contribution in [0.15, 0.2) is 35.7 Å². The van der Waals surface area contributed by atoms with E-state index >= 15 is 0 Å². The second-order valence-corrected chi connectivity index (χ2v) is 5.19. The van der Waals surface area contributed by atoms with E-state index in [0.717, 1.165) is 17.8 Å². The molecule has 0 aliphatic rings. The van der Waals surface area contributed by atoms with Crippen molar-refractivity contribution in [3.63, 3.8) is 0 Å².